The molecule has 0 aromatic heterocycles. The summed E-state index contributed by atoms with van der Waals surface area (Å²) in [6.07, 6.45) is 1.40. The maximum absolute atomic E-state index is 11.8. The maximum Gasteiger partial charge on any atom is 0.327 e. The summed E-state index contributed by atoms with van der Waals surface area (Å²) in [6, 6.07) is -3.22. The van der Waals surface area contributed by atoms with Gasteiger partial charge in [0.05, 0.1) is 0 Å². The van der Waals surface area contributed by atoms with Crippen molar-refractivity contribution in [1.29, 1.82) is 0 Å². The molecule has 2 aliphatic rings. The largest absolute Gasteiger partial charge is 0.480 e. The molecule has 30 heavy (non-hydrogen) atoms. The lowest BCUT2D eigenvalue weighted by molar-refractivity contribution is -0.161. The van der Waals surface area contributed by atoms with Crippen molar-refractivity contribution >= 4 is 23.9 Å². The smallest absolute Gasteiger partial charge is 0.327 e. The lowest BCUT2D eigenvalue weighted by atomic mass is 10.1. The Balaban J connectivity index is 0.000000467. The molecule has 0 unspecified atom stereocenters. The van der Waals surface area contributed by atoms with Gasteiger partial charge in [-0.25, -0.2) is 0 Å². The van der Waals surface area contributed by atoms with Crippen molar-refractivity contribution in [2.45, 2.75) is 75.9 Å². The number of nitrogens with one attached hydrogen (secondary N) is 2. The highest BCUT2D eigenvalue weighted by atomic mass is 16.6. The summed E-state index contributed by atoms with van der Waals surface area (Å²) >= 11 is 0. The van der Waals surface area contributed by atoms with E-state index in [2.05, 4.69) is 10.6 Å². The second-order valence-electron chi connectivity index (χ2n) is 7.31. The van der Waals surface area contributed by atoms with E-state index >= 15 is 0 Å². The first kappa shape index (κ1) is 25.8. The summed E-state index contributed by atoms with van der Waals surface area (Å²) in [4.78, 5) is 44.5. The molecule has 0 aromatic carbocycles. The number of ether oxygens (including phenoxy) is 2. The third-order valence-corrected chi connectivity index (χ3v) is 4.88. The van der Waals surface area contributed by atoms with Crippen LogP contribution < -0.4 is 22.1 Å². The Labute approximate surface area is 174 Å². The third-order valence-electron chi connectivity index (χ3n) is 4.88. The number of rotatable bonds is 8. The zero-order chi connectivity index (χ0) is 22.8. The molecule has 2 fully saturated rings. The number of aliphatic carboxylic acids is 2. The van der Waals surface area contributed by atoms with Crippen molar-refractivity contribution in [3.8, 4) is 0 Å². The van der Waals surface area contributed by atoms with Crippen LogP contribution in [0.1, 0.15) is 39.5 Å². The molecule has 8 N–H and O–H groups in total. The van der Waals surface area contributed by atoms with Gasteiger partial charge in [0.25, 0.3) is 0 Å². The molecule has 2 heterocycles. The molecular formula is C18H32N4O8. The molecule has 0 amide bonds. The van der Waals surface area contributed by atoms with E-state index < -0.39 is 48.2 Å². The highest BCUT2D eigenvalue weighted by Gasteiger charge is 2.32. The fourth-order valence-corrected chi connectivity index (χ4v) is 2.85. The highest BCUT2D eigenvalue weighted by Crippen LogP contribution is 2.10. The van der Waals surface area contributed by atoms with E-state index in [-0.39, 0.29) is 12.1 Å². The highest BCUT2D eigenvalue weighted by molar-refractivity contribution is 5.80. The molecule has 12 heteroatoms. The lowest BCUT2D eigenvalue weighted by Crippen LogP contribution is -2.49. The molecule has 2 rings (SSSR count). The second-order valence-corrected chi connectivity index (χ2v) is 7.31. The zero-order valence-corrected chi connectivity index (χ0v) is 17.2. The normalized spacial score (nSPS) is 24.5. The van der Waals surface area contributed by atoms with Crippen LogP contribution in [0.4, 0.5) is 0 Å². The number of hydrogen-bond acceptors (Lipinski definition) is 10. The Hall–Kier alpha value is -2.28. The first-order chi connectivity index (χ1) is 14.0. The summed E-state index contributed by atoms with van der Waals surface area (Å²) in [5, 5.41) is 22.9. The number of carboxylic acids is 2. The van der Waals surface area contributed by atoms with Gasteiger partial charge in [-0.05, 0) is 52.6 Å². The van der Waals surface area contributed by atoms with Crippen LogP contribution in [0.25, 0.3) is 0 Å². The molecule has 2 saturated heterocycles. The second kappa shape index (κ2) is 12.4. The van der Waals surface area contributed by atoms with E-state index in [9.17, 15) is 19.2 Å². The van der Waals surface area contributed by atoms with Crippen molar-refractivity contribution in [2.24, 2.45) is 11.5 Å². The van der Waals surface area contributed by atoms with E-state index in [1.165, 1.54) is 13.8 Å². The van der Waals surface area contributed by atoms with Crippen LogP contribution >= 0.6 is 0 Å². The van der Waals surface area contributed by atoms with Gasteiger partial charge in [0.15, 0.2) is 0 Å². The van der Waals surface area contributed by atoms with Gasteiger partial charge in [-0.1, -0.05) is 0 Å². The maximum atomic E-state index is 11.8. The molecule has 0 aliphatic carbocycles. The van der Waals surface area contributed by atoms with Gasteiger partial charge in [-0.3, -0.25) is 19.2 Å². The van der Waals surface area contributed by atoms with Gasteiger partial charge < -0.3 is 41.8 Å². The van der Waals surface area contributed by atoms with E-state index in [1.807, 2.05) is 0 Å². The molecular weight excluding hydrogens is 400 g/mol. The molecule has 0 spiro atoms. The Kier molecular flexibility index (Phi) is 10.7. The van der Waals surface area contributed by atoms with Gasteiger partial charge >= 0.3 is 23.9 Å². The standard InChI is InChI=1S/C13H23N3O6.C5H9NO2/c1-6(9(14)11(17)18)22-13(20)10(15)7(2)21-12(19)8-4-3-5-16-8;7-5(8)4-2-1-3-6-4/h6-10,16H,3-5,14-15H2,1-2H3,(H,17,18);4,6H,1-3H2,(H,7,8)/t6-,7-,8+,9+,10+;4-/m10/s1. The number of carbonyl (C=O) groups excluding carboxylic acids is 2. The fourth-order valence-electron chi connectivity index (χ4n) is 2.85. The van der Waals surface area contributed by atoms with Gasteiger partial charge in [0.2, 0.25) is 0 Å². The van der Waals surface area contributed by atoms with Crippen LogP contribution in [-0.4, -0.2) is 83.6 Å². The molecule has 6 atom stereocenters. The van der Waals surface area contributed by atoms with Crippen LogP contribution in [0.5, 0.6) is 0 Å². The number of esters is 2. The number of nitrogens with two attached hydrogens (primary N) is 2. The summed E-state index contributed by atoms with van der Waals surface area (Å²) in [5.41, 5.74) is 11.0. The Morgan fingerprint density at radius 1 is 0.867 bits per heavy atom. The van der Waals surface area contributed by atoms with Gasteiger partial charge in [-0.2, -0.15) is 0 Å². The van der Waals surface area contributed by atoms with Crippen molar-refractivity contribution in [2.75, 3.05) is 13.1 Å². The van der Waals surface area contributed by atoms with Crippen LogP contribution in [0.3, 0.4) is 0 Å². The van der Waals surface area contributed by atoms with Gasteiger partial charge in [0.1, 0.15) is 36.4 Å². The van der Waals surface area contributed by atoms with Crippen LogP contribution in [0, 0.1) is 0 Å². The summed E-state index contributed by atoms with van der Waals surface area (Å²) in [7, 11) is 0. The topological polar surface area (TPSA) is 203 Å². The molecule has 2 aliphatic heterocycles. The molecule has 0 saturated carbocycles. The van der Waals surface area contributed by atoms with Crippen LogP contribution in [0.15, 0.2) is 0 Å². The van der Waals surface area contributed by atoms with Crippen molar-refractivity contribution in [1.82, 2.24) is 10.6 Å². The number of carbonyl (C=O) groups is 4. The molecule has 0 bridgehead atoms. The average Bonchev–Trinajstić information content (AvgIpc) is 3.40. The van der Waals surface area contributed by atoms with E-state index in [0.717, 1.165) is 32.4 Å². The first-order valence-corrected chi connectivity index (χ1v) is 9.89. The monoisotopic (exact) mass is 432 g/mol. The van der Waals surface area contributed by atoms with E-state index in [1.54, 1.807) is 0 Å². The minimum Gasteiger partial charge on any atom is -0.480 e. The molecule has 172 valence electrons. The van der Waals surface area contributed by atoms with Crippen molar-refractivity contribution in [3.63, 3.8) is 0 Å². The minimum atomic E-state index is -1.35. The van der Waals surface area contributed by atoms with Crippen molar-refractivity contribution in [3.05, 3.63) is 0 Å². The molecule has 12 nitrogen and oxygen atoms in total. The zero-order valence-electron chi connectivity index (χ0n) is 17.2. The number of hydrogen-bond donors (Lipinski definition) is 6. The summed E-state index contributed by atoms with van der Waals surface area (Å²) in [6.45, 7) is 4.42. The minimum absolute atomic E-state index is 0.269. The Morgan fingerprint density at radius 3 is 1.77 bits per heavy atom. The van der Waals surface area contributed by atoms with Gasteiger partial charge in [0, 0.05) is 0 Å². The average molecular weight is 432 g/mol. The summed E-state index contributed by atoms with van der Waals surface area (Å²) in [5.74, 6) is -3.35. The van der Waals surface area contributed by atoms with Crippen molar-refractivity contribution < 1.29 is 38.9 Å². The molecule has 0 radical (unpaired) electrons. The van der Waals surface area contributed by atoms with Crippen LogP contribution in [-0.2, 0) is 28.7 Å². The quantitative estimate of drug-likeness (QED) is 0.234. The Bertz CT molecular complexity index is 605. The third kappa shape index (κ3) is 8.22. The fraction of sp³-hybridized carbons (Fsp3) is 0.778. The van der Waals surface area contributed by atoms with Gasteiger partial charge in [-0.15, -0.1) is 0 Å². The SMILES string of the molecule is C[C@@H](OC(=O)[C@@H](N)[C@@H](C)OC(=O)[C@@H]1CCCN1)[C@H](N)C(=O)O.O=C(O)[C@@H]1CCCN1. The van der Waals surface area contributed by atoms with E-state index in [0.29, 0.717) is 6.42 Å². The Morgan fingerprint density at radius 2 is 1.37 bits per heavy atom. The number of carboxylic acid groups (broad SMARTS) is 2. The predicted molar refractivity (Wildman–Crippen MR) is 104 cm³/mol. The first-order valence-electron chi connectivity index (χ1n) is 9.89. The summed E-state index contributed by atoms with van der Waals surface area (Å²) < 4.78 is 10.0. The lowest BCUT2D eigenvalue weighted by Gasteiger charge is -2.23. The van der Waals surface area contributed by atoms with Crippen LogP contribution in [0.2, 0.25) is 0 Å². The van der Waals surface area contributed by atoms with E-state index in [4.69, 9.17) is 31.2 Å². The predicted octanol–water partition coefficient (Wildman–Crippen LogP) is -1.84. The molecule has 0 aromatic rings.